The molecule has 1 aliphatic carbocycles. The first-order valence-corrected chi connectivity index (χ1v) is 20.4. The highest BCUT2D eigenvalue weighted by molar-refractivity contribution is 6.19. The van der Waals surface area contributed by atoms with Gasteiger partial charge in [0.1, 0.15) is 0 Å². The normalized spacial score (nSPS) is 12.6. The quantitative estimate of drug-likeness (QED) is 0.171. The van der Waals surface area contributed by atoms with Crippen molar-refractivity contribution in [3.8, 4) is 34.0 Å². The Labute approximate surface area is 340 Å². The Morgan fingerprint density at radius 3 is 1.27 bits per heavy atom. The second-order valence-electron chi connectivity index (χ2n) is 15.7. The first-order chi connectivity index (χ1) is 29.3. The molecule has 0 radical (unpaired) electrons. The van der Waals surface area contributed by atoms with Crippen LogP contribution in [0.3, 0.4) is 0 Å². The van der Waals surface area contributed by atoms with Gasteiger partial charge in [-0.3, -0.25) is 0 Å². The van der Waals surface area contributed by atoms with Gasteiger partial charge >= 0.3 is 0 Å². The number of benzene rings is 8. The molecule has 4 heterocycles. The standard InChI is InChI=1S/C55H36N4/c1-3-16-36(17-4-1)57-47-25-11-8-21-41(47)45-35-53-46(34-52(45)57)42-22-9-12-26-48(42)58(53)39-32-30-38(31-33-39)56-50-28-14-10-23-44(50)54-51(56)29-15-24-43-40-20-7-13-27-49(40)59(55(43)54)37-18-5-2-6-19-37/h1-23,25-35H,24H2. The third kappa shape index (κ3) is 4.54. The number of allylic oxidation sites excluding steroid dienone is 1. The van der Waals surface area contributed by atoms with Crippen LogP contribution in [0.1, 0.15) is 11.3 Å². The lowest BCUT2D eigenvalue weighted by atomic mass is 10.0. The van der Waals surface area contributed by atoms with E-state index in [2.05, 4.69) is 225 Å². The van der Waals surface area contributed by atoms with Crippen molar-refractivity contribution in [2.24, 2.45) is 0 Å². The zero-order chi connectivity index (χ0) is 38.6. The Bertz CT molecular complexity index is 3670. The van der Waals surface area contributed by atoms with Crippen LogP contribution in [0.5, 0.6) is 0 Å². The summed E-state index contributed by atoms with van der Waals surface area (Å²) in [5, 5.41) is 7.54. The maximum atomic E-state index is 2.48. The summed E-state index contributed by atoms with van der Waals surface area (Å²) < 4.78 is 9.79. The van der Waals surface area contributed by atoms with Gasteiger partial charge in [-0.1, -0.05) is 115 Å². The van der Waals surface area contributed by atoms with Crippen molar-refractivity contribution in [2.75, 3.05) is 0 Å². The fourth-order valence-electron chi connectivity index (χ4n) is 10.2. The zero-order valence-corrected chi connectivity index (χ0v) is 32.1. The predicted octanol–water partition coefficient (Wildman–Crippen LogP) is 14.0. The van der Waals surface area contributed by atoms with E-state index >= 15 is 0 Å². The molecule has 0 bridgehead atoms. The van der Waals surface area contributed by atoms with E-state index in [0.29, 0.717) is 0 Å². The molecule has 4 heteroatoms. The molecule has 0 saturated carbocycles. The number of aromatic nitrogens is 4. The van der Waals surface area contributed by atoms with Crippen molar-refractivity contribution < 1.29 is 0 Å². The van der Waals surface area contributed by atoms with E-state index in [1.165, 1.54) is 99.3 Å². The fourth-order valence-corrected chi connectivity index (χ4v) is 10.2. The number of rotatable bonds is 4. The summed E-state index contributed by atoms with van der Waals surface area (Å²) in [4.78, 5) is 0. The van der Waals surface area contributed by atoms with Crippen molar-refractivity contribution in [1.29, 1.82) is 0 Å². The molecule has 0 fully saturated rings. The molecule has 0 saturated heterocycles. The van der Waals surface area contributed by atoms with E-state index in [1.807, 2.05) is 0 Å². The lowest BCUT2D eigenvalue weighted by molar-refractivity contribution is 1.09. The van der Waals surface area contributed by atoms with E-state index in [-0.39, 0.29) is 0 Å². The van der Waals surface area contributed by atoms with Crippen molar-refractivity contribution >= 4 is 71.5 Å². The molecule has 0 N–H and O–H groups in total. The van der Waals surface area contributed by atoms with Crippen molar-refractivity contribution in [2.45, 2.75) is 6.42 Å². The van der Waals surface area contributed by atoms with Gasteiger partial charge in [0.25, 0.3) is 0 Å². The molecule has 1 aliphatic rings. The second kappa shape index (κ2) is 12.3. The first-order valence-electron chi connectivity index (χ1n) is 20.4. The van der Waals surface area contributed by atoms with Crippen molar-refractivity contribution in [3.05, 3.63) is 211 Å². The van der Waals surface area contributed by atoms with Gasteiger partial charge in [-0.15, -0.1) is 0 Å². The molecule has 0 spiro atoms. The lowest BCUT2D eigenvalue weighted by Crippen LogP contribution is -2.00. The summed E-state index contributed by atoms with van der Waals surface area (Å²) in [6.07, 6.45) is 5.56. The van der Waals surface area contributed by atoms with Crippen LogP contribution in [0.4, 0.5) is 0 Å². The smallest absolute Gasteiger partial charge is 0.0604 e. The first kappa shape index (κ1) is 32.3. The third-order valence-electron chi connectivity index (χ3n) is 12.6. The summed E-state index contributed by atoms with van der Waals surface area (Å²) in [5.74, 6) is 0. The molecular formula is C55H36N4. The van der Waals surface area contributed by atoms with E-state index in [0.717, 1.165) is 17.8 Å². The van der Waals surface area contributed by atoms with Crippen LogP contribution in [0.2, 0.25) is 0 Å². The van der Waals surface area contributed by atoms with Crippen LogP contribution >= 0.6 is 0 Å². The third-order valence-corrected chi connectivity index (χ3v) is 12.6. The second-order valence-corrected chi connectivity index (χ2v) is 15.7. The van der Waals surface area contributed by atoms with Gasteiger partial charge in [0.05, 0.1) is 44.5 Å². The summed E-state index contributed by atoms with van der Waals surface area (Å²) >= 11 is 0. The van der Waals surface area contributed by atoms with Gasteiger partial charge in [0.15, 0.2) is 0 Å². The predicted molar refractivity (Wildman–Crippen MR) is 247 cm³/mol. The van der Waals surface area contributed by atoms with Gasteiger partial charge in [-0.25, -0.2) is 0 Å². The minimum atomic E-state index is 0.864. The SMILES string of the molecule is C1=Cc2c(c3ccccc3n2-c2ccc(-n3c4ccccc4c4cc5c(cc43)c3ccccc3n5-c3ccccc3)cc2)-c2c(c3ccccc3n2-c2ccccc2)C1. The van der Waals surface area contributed by atoms with Crippen LogP contribution in [0.25, 0.3) is 106 Å². The number of nitrogens with zero attached hydrogens (tertiary/aromatic N) is 4. The molecular weight excluding hydrogens is 717 g/mol. The molecule has 0 aliphatic heterocycles. The lowest BCUT2D eigenvalue weighted by Gasteiger charge is -2.14. The van der Waals surface area contributed by atoms with Crippen LogP contribution in [0.15, 0.2) is 200 Å². The number of hydrogen-bond acceptors (Lipinski definition) is 0. The summed E-state index contributed by atoms with van der Waals surface area (Å²) in [6.45, 7) is 0. The Morgan fingerprint density at radius 1 is 0.305 bits per heavy atom. The topological polar surface area (TPSA) is 19.7 Å². The maximum absolute atomic E-state index is 2.48. The number of fused-ring (bicyclic) bond motifs is 13. The molecule has 59 heavy (non-hydrogen) atoms. The summed E-state index contributed by atoms with van der Waals surface area (Å²) in [5.41, 5.74) is 17.0. The van der Waals surface area contributed by atoms with Crippen LogP contribution in [-0.2, 0) is 6.42 Å². The van der Waals surface area contributed by atoms with E-state index in [4.69, 9.17) is 0 Å². The molecule has 13 rings (SSSR count). The zero-order valence-electron chi connectivity index (χ0n) is 32.1. The molecule has 8 aromatic carbocycles. The maximum Gasteiger partial charge on any atom is 0.0604 e. The van der Waals surface area contributed by atoms with E-state index in [9.17, 15) is 0 Å². The monoisotopic (exact) mass is 752 g/mol. The Kier molecular flexibility index (Phi) is 6.75. The summed E-state index contributed by atoms with van der Waals surface area (Å²) in [7, 11) is 0. The van der Waals surface area contributed by atoms with Gasteiger partial charge in [-0.2, -0.15) is 0 Å². The number of para-hydroxylation sites is 6. The molecule has 0 atom stereocenters. The molecule has 4 aromatic heterocycles. The Hall–Kier alpha value is -7.82. The minimum Gasteiger partial charge on any atom is -0.309 e. The van der Waals surface area contributed by atoms with Crippen LogP contribution < -0.4 is 0 Å². The van der Waals surface area contributed by atoms with Gasteiger partial charge in [-0.05, 0) is 103 Å². The number of hydrogen-bond donors (Lipinski definition) is 0. The highest BCUT2D eigenvalue weighted by atomic mass is 15.0. The van der Waals surface area contributed by atoms with Crippen molar-refractivity contribution in [1.82, 2.24) is 18.3 Å². The molecule has 0 unspecified atom stereocenters. The van der Waals surface area contributed by atoms with Gasteiger partial charge in [0, 0.05) is 60.6 Å². The van der Waals surface area contributed by atoms with Crippen LogP contribution in [-0.4, -0.2) is 18.3 Å². The largest absolute Gasteiger partial charge is 0.309 e. The van der Waals surface area contributed by atoms with Gasteiger partial charge in [0.2, 0.25) is 0 Å². The van der Waals surface area contributed by atoms with E-state index < -0.39 is 0 Å². The molecule has 0 amide bonds. The minimum absolute atomic E-state index is 0.864. The Balaban J connectivity index is 1.03. The molecule has 276 valence electrons. The van der Waals surface area contributed by atoms with Gasteiger partial charge < -0.3 is 18.3 Å². The van der Waals surface area contributed by atoms with Crippen molar-refractivity contribution in [3.63, 3.8) is 0 Å². The van der Waals surface area contributed by atoms with Crippen LogP contribution in [0, 0.1) is 0 Å². The summed E-state index contributed by atoms with van der Waals surface area (Å²) in [6, 6.07) is 71.0. The van der Waals surface area contributed by atoms with E-state index in [1.54, 1.807) is 0 Å². The molecule has 12 aromatic rings. The highest BCUT2D eigenvalue weighted by Crippen LogP contribution is 2.46. The Morgan fingerprint density at radius 2 is 0.712 bits per heavy atom. The fraction of sp³-hybridized carbons (Fsp3) is 0.0182. The average Bonchev–Trinajstić information content (AvgIpc) is 3.97. The molecule has 4 nitrogen and oxygen atoms in total. The highest BCUT2D eigenvalue weighted by Gasteiger charge is 2.28. The average molecular weight is 753 g/mol.